The fraction of sp³-hybridized carbons (Fsp3) is 0.125. The van der Waals surface area contributed by atoms with Crippen LogP contribution >= 0.6 is 0 Å². The van der Waals surface area contributed by atoms with E-state index < -0.39 is 51.6 Å². The van der Waals surface area contributed by atoms with Gasteiger partial charge in [0, 0.05) is 17.8 Å². The minimum Gasteiger partial charge on any atom is -0.449 e. The van der Waals surface area contributed by atoms with E-state index in [1.165, 1.54) is 6.92 Å². The van der Waals surface area contributed by atoms with Crippen molar-refractivity contribution in [1.82, 2.24) is 0 Å². The topological polar surface area (TPSA) is 98.5 Å². The van der Waals surface area contributed by atoms with Crippen LogP contribution in [0.3, 0.4) is 0 Å². The summed E-state index contributed by atoms with van der Waals surface area (Å²) in [6.45, 7) is 1.17. The fourth-order valence-corrected chi connectivity index (χ4v) is 1.91. The van der Waals surface area contributed by atoms with Crippen molar-refractivity contribution < 1.29 is 32.4 Å². The number of amides is 1. The molecule has 0 radical (unpaired) electrons. The van der Waals surface area contributed by atoms with Crippen LogP contribution in [-0.4, -0.2) is 22.9 Å². The highest BCUT2D eigenvalue weighted by molar-refractivity contribution is 5.97. The number of hydrogen-bond acceptors (Lipinski definition) is 5. The van der Waals surface area contributed by atoms with Gasteiger partial charge in [0.2, 0.25) is 5.82 Å². The third-order valence-electron chi connectivity index (χ3n) is 3.21. The van der Waals surface area contributed by atoms with Gasteiger partial charge in [0.1, 0.15) is 11.6 Å². The number of nitrogens with one attached hydrogen (secondary N) is 1. The van der Waals surface area contributed by atoms with Crippen LogP contribution in [0.2, 0.25) is 0 Å². The van der Waals surface area contributed by atoms with Crippen molar-refractivity contribution in [3.8, 4) is 0 Å². The van der Waals surface area contributed by atoms with E-state index in [0.717, 1.165) is 30.3 Å². The van der Waals surface area contributed by atoms with E-state index in [2.05, 4.69) is 5.32 Å². The number of rotatable bonds is 5. The molecule has 1 N–H and O–H groups in total. The Morgan fingerprint density at radius 3 is 2.42 bits per heavy atom. The van der Waals surface area contributed by atoms with Crippen LogP contribution in [0, 0.1) is 27.6 Å². The zero-order valence-electron chi connectivity index (χ0n) is 13.2. The number of carbonyl (C=O) groups excluding carboxylic acids is 2. The van der Waals surface area contributed by atoms with E-state index >= 15 is 0 Å². The van der Waals surface area contributed by atoms with Crippen LogP contribution in [0.15, 0.2) is 36.4 Å². The van der Waals surface area contributed by atoms with E-state index in [4.69, 9.17) is 4.74 Å². The number of anilines is 1. The van der Waals surface area contributed by atoms with Gasteiger partial charge in [-0.25, -0.2) is 13.6 Å². The number of nitro groups is 1. The number of nitro benzene ring substituents is 1. The van der Waals surface area contributed by atoms with E-state index in [1.54, 1.807) is 0 Å². The Balaban J connectivity index is 2.07. The molecule has 0 spiro atoms. The Morgan fingerprint density at radius 2 is 1.81 bits per heavy atom. The molecule has 0 bridgehead atoms. The standard InChI is InChI=1S/C16H11F3N2O5/c1-8(26-16(23)11-4-2-9(17)6-13(11)19)15(22)20-10-3-5-12(18)14(7-10)21(24)25/h2-8H,1H3,(H,20,22)/t8-/m0/s1. The summed E-state index contributed by atoms with van der Waals surface area (Å²) in [5.41, 5.74) is -1.51. The molecule has 136 valence electrons. The third kappa shape index (κ3) is 4.35. The minimum atomic E-state index is -1.41. The summed E-state index contributed by atoms with van der Waals surface area (Å²) in [5, 5.41) is 12.9. The highest BCUT2D eigenvalue weighted by Gasteiger charge is 2.22. The molecule has 0 aliphatic heterocycles. The first-order valence-corrected chi connectivity index (χ1v) is 7.10. The number of halogens is 3. The Hall–Kier alpha value is -3.43. The molecule has 2 aromatic carbocycles. The Labute approximate surface area is 144 Å². The largest absolute Gasteiger partial charge is 0.449 e. The van der Waals surface area contributed by atoms with Crippen LogP contribution < -0.4 is 5.32 Å². The summed E-state index contributed by atoms with van der Waals surface area (Å²) < 4.78 is 44.4. The summed E-state index contributed by atoms with van der Waals surface area (Å²) in [6.07, 6.45) is -1.41. The third-order valence-corrected chi connectivity index (χ3v) is 3.21. The first-order chi connectivity index (χ1) is 12.2. The second-order valence-electron chi connectivity index (χ2n) is 5.08. The van der Waals surface area contributed by atoms with E-state index in [9.17, 15) is 32.9 Å². The molecule has 2 aromatic rings. The van der Waals surface area contributed by atoms with Crippen molar-refractivity contribution in [2.75, 3.05) is 5.32 Å². The average Bonchev–Trinajstić information content (AvgIpc) is 2.55. The molecule has 0 saturated heterocycles. The number of carbonyl (C=O) groups is 2. The average molecular weight is 368 g/mol. The first kappa shape index (κ1) is 18.9. The fourth-order valence-electron chi connectivity index (χ4n) is 1.91. The minimum absolute atomic E-state index is 0.0982. The second-order valence-corrected chi connectivity index (χ2v) is 5.08. The SMILES string of the molecule is C[C@H](OC(=O)c1ccc(F)cc1F)C(=O)Nc1ccc(F)c([N+](=O)[O-])c1. The lowest BCUT2D eigenvalue weighted by atomic mass is 10.2. The number of ether oxygens (including phenoxy) is 1. The number of nitrogens with zero attached hydrogens (tertiary/aromatic N) is 1. The molecule has 0 unspecified atom stereocenters. The van der Waals surface area contributed by atoms with Gasteiger partial charge >= 0.3 is 11.7 Å². The maximum Gasteiger partial charge on any atom is 0.341 e. The Morgan fingerprint density at radius 1 is 1.12 bits per heavy atom. The summed E-state index contributed by atoms with van der Waals surface area (Å²) >= 11 is 0. The molecular weight excluding hydrogens is 357 g/mol. The number of benzene rings is 2. The van der Waals surface area contributed by atoms with Gasteiger partial charge in [0.05, 0.1) is 10.5 Å². The van der Waals surface area contributed by atoms with Crippen molar-refractivity contribution in [1.29, 1.82) is 0 Å². The molecule has 0 aromatic heterocycles. The summed E-state index contributed by atoms with van der Waals surface area (Å²) in [6, 6.07) is 4.86. The molecule has 0 heterocycles. The van der Waals surface area contributed by atoms with Crippen molar-refractivity contribution in [3.05, 3.63) is 69.5 Å². The number of esters is 1. The van der Waals surface area contributed by atoms with E-state index in [-0.39, 0.29) is 5.69 Å². The predicted octanol–water partition coefficient (Wildman–Crippen LogP) is 3.20. The highest BCUT2D eigenvalue weighted by atomic mass is 19.1. The van der Waals surface area contributed by atoms with Gasteiger partial charge in [0.25, 0.3) is 5.91 Å². The molecule has 10 heteroatoms. The van der Waals surface area contributed by atoms with Crippen molar-refractivity contribution in [2.45, 2.75) is 13.0 Å². The van der Waals surface area contributed by atoms with Crippen LogP contribution in [0.4, 0.5) is 24.5 Å². The monoisotopic (exact) mass is 368 g/mol. The lowest BCUT2D eigenvalue weighted by Gasteiger charge is -2.14. The molecular formula is C16H11F3N2O5. The van der Waals surface area contributed by atoms with Gasteiger partial charge in [-0.1, -0.05) is 0 Å². The van der Waals surface area contributed by atoms with Crippen molar-refractivity contribution >= 4 is 23.3 Å². The smallest absolute Gasteiger partial charge is 0.341 e. The van der Waals surface area contributed by atoms with Crippen LogP contribution in [0.5, 0.6) is 0 Å². The zero-order valence-corrected chi connectivity index (χ0v) is 13.2. The lowest BCUT2D eigenvalue weighted by molar-refractivity contribution is -0.387. The van der Waals surface area contributed by atoms with Crippen LogP contribution in [-0.2, 0) is 9.53 Å². The molecule has 0 saturated carbocycles. The molecule has 1 amide bonds. The first-order valence-electron chi connectivity index (χ1n) is 7.10. The number of hydrogen-bond donors (Lipinski definition) is 1. The Kier molecular flexibility index (Phi) is 5.55. The predicted molar refractivity (Wildman–Crippen MR) is 82.9 cm³/mol. The van der Waals surface area contributed by atoms with Crippen molar-refractivity contribution in [2.24, 2.45) is 0 Å². The lowest BCUT2D eigenvalue weighted by Crippen LogP contribution is -2.30. The highest BCUT2D eigenvalue weighted by Crippen LogP contribution is 2.22. The molecule has 0 aliphatic carbocycles. The maximum atomic E-state index is 13.5. The van der Waals surface area contributed by atoms with Crippen molar-refractivity contribution in [3.63, 3.8) is 0 Å². The summed E-state index contributed by atoms with van der Waals surface area (Å²) in [5.74, 6) is -5.21. The molecule has 0 fully saturated rings. The maximum absolute atomic E-state index is 13.5. The van der Waals surface area contributed by atoms with E-state index in [0.29, 0.717) is 6.07 Å². The van der Waals surface area contributed by atoms with Gasteiger partial charge in [-0.2, -0.15) is 4.39 Å². The van der Waals surface area contributed by atoms with Crippen LogP contribution in [0.1, 0.15) is 17.3 Å². The molecule has 2 rings (SSSR count). The van der Waals surface area contributed by atoms with Gasteiger partial charge in [0.15, 0.2) is 6.10 Å². The molecule has 0 aliphatic rings. The second kappa shape index (κ2) is 7.64. The van der Waals surface area contributed by atoms with Gasteiger partial charge < -0.3 is 10.1 Å². The summed E-state index contributed by atoms with van der Waals surface area (Å²) in [4.78, 5) is 33.5. The zero-order chi connectivity index (χ0) is 19.4. The molecule has 1 atom stereocenters. The molecule has 26 heavy (non-hydrogen) atoms. The molecule has 7 nitrogen and oxygen atoms in total. The van der Waals surface area contributed by atoms with Gasteiger partial charge in [-0.05, 0) is 31.2 Å². The summed E-state index contributed by atoms with van der Waals surface area (Å²) in [7, 11) is 0. The van der Waals surface area contributed by atoms with E-state index in [1.807, 2.05) is 0 Å². The normalized spacial score (nSPS) is 11.5. The van der Waals surface area contributed by atoms with Gasteiger partial charge in [-0.3, -0.25) is 14.9 Å². The van der Waals surface area contributed by atoms with Gasteiger partial charge in [-0.15, -0.1) is 0 Å². The van der Waals surface area contributed by atoms with Crippen LogP contribution in [0.25, 0.3) is 0 Å². The quantitative estimate of drug-likeness (QED) is 0.496. The Bertz CT molecular complexity index is 888.